The zero-order valence-electron chi connectivity index (χ0n) is 10.9. The summed E-state index contributed by atoms with van der Waals surface area (Å²) in [5, 5.41) is 10.6. The molecule has 3 heteroatoms. The summed E-state index contributed by atoms with van der Waals surface area (Å²) < 4.78 is 18.8. The van der Waals surface area contributed by atoms with E-state index in [1.165, 1.54) is 12.1 Å². The maximum absolute atomic E-state index is 13.1. The highest BCUT2D eigenvalue weighted by molar-refractivity contribution is 5.18. The molecule has 2 nitrogen and oxygen atoms in total. The van der Waals surface area contributed by atoms with Crippen molar-refractivity contribution in [2.75, 3.05) is 6.61 Å². The summed E-state index contributed by atoms with van der Waals surface area (Å²) in [6.07, 6.45) is 3.96. The molecule has 0 bridgehead atoms. The molecule has 1 aromatic carbocycles. The first kappa shape index (κ1) is 13.5. The van der Waals surface area contributed by atoms with Gasteiger partial charge >= 0.3 is 0 Å². The van der Waals surface area contributed by atoms with E-state index in [1.807, 2.05) is 6.07 Å². The fourth-order valence-electron chi connectivity index (χ4n) is 2.70. The maximum Gasteiger partial charge on any atom is 0.123 e. The van der Waals surface area contributed by atoms with E-state index in [1.54, 1.807) is 6.07 Å². The fourth-order valence-corrected chi connectivity index (χ4v) is 2.70. The van der Waals surface area contributed by atoms with Crippen LogP contribution in [0.3, 0.4) is 0 Å². The van der Waals surface area contributed by atoms with Gasteiger partial charge < -0.3 is 9.84 Å². The van der Waals surface area contributed by atoms with Crippen molar-refractivity contribution in [3.63, 3.8) is 0 Å². The van der Waals surface area contributed by atoms with E-state index < -0.39 is 5.60 Å². The van der Waals surface area contributed by atoms with Gasteiger partial charge in [-0.2, -0.15) is 0 Å². The molecule has 0 amide bonds. The average molecular weight is 252 g/mol. The SMILES string of the molecule is CCCC1CC(O)(Cc2cccc(F)c2)CCO1. The highest BCUT2D eigenvalue weighted by Gasteiger charge is 2.34. The summed E-state index contributed by atoms with van der Waals surface area (Å²) in [4.78, 5) is 0. The van der Waals surface area contributed by atoms with Crippen LogP contribution in [0.4, 0.5) is 4.39 Å². The van der Waals surface area contributed by atoms with Gasteiger partial charge in [0.05, 0.1) is 11.7 Å². The van der Waals surface area contributed by atoms with Gasteiger partial charge in [0.25, 0.3) is 0 Å². The minimum absolute atomic E-state index is 0.141. The second kappa shape index (κ2) is 5.81. The molecule has 1 aliphatic rings. The van der Waals surface area contributed by atoms with Crippen LogP contribution < -0.4 is 0 Å². The van der Waals surface area contributed by atoms with Crippen LogP contribution in [0, 0.1) is 5.82 Å². The lowest BCUT2D eigenvalue weighted by molar-refractivity contribution is -0.105. The Morgan fingerprint density at radius 2 is 2.33 bits per heavy atom. The molecule has 2 unspecified atom stereocenters. The molecule has 18 heavy (non-hydrogen) atoms. The molecule has 0 aromatic heterocycles. The lowest BCUT2D eigenvalue weighted by Gasteiger charge is -2.37. The third kappa shape index (κ3) is 3.53. The Morgan fingerprint density at radius 1 is 1.50 bits per heavy atom. The van der Waals surface area contributed by atoms with Gasteiger partial charge in [0.15, 0.2) is 0 Å². The highest BCUT2D eigenvalue weighted by atomic mass is 19.1. The van der Waals surface area contributed by atoms with Gasteiger partial charge in [-0.3, -0.25) is 0 Å². The van der Waals surface area contributed by atoms with E-state index in [9.17, 15) is 9.50 Å². The zero-order chi connectivity index (χ0) is 13.0. The van der Waals surface area contributed by atoms with Crippen LogP contribution in [-0.2, 0) is 11.2 Å². The number of ether oxygens (including phenoxy) is 1. The van der Waals surface area contributed by atoms with Crippen LogP contribution in [0.1, 0.15) is 38.2 Å². The molecular weight excluding hydrogens is 231 g/mol. The second-order valence-corrected chi connectivity index (χ2v) is 5.27. The summed E-state index contributed by atoms with van der Waals surface area (Å²) in [5.74, 6) is -0.242. The molecule has 2 rings (SSSR count). The summed E-state index contributed by atoms with van der Waals surface area (Å²) >= 11 is 0. The minimum Gasteiger partial charge on any atom is -0.389 e. The topological polar surface area (TPSA) is 29.5 Å². The van der Waals surface area contributed by atoms with Crippen LogP contribution >= 0.6 is 0 Å². The largest absolute Gasteiger partial charge is 0.389 e. The number of aliphatic hydroxyl groups is 1. The fraction of sp³-hybridized carbons (Fsp3) is 0.600. The van der Waals surface area contributed by atoms with Crippen LogP contribution in [0.2, 0.25) is 0 Å². The number of hydrogen-bond donors (Lipinski definition) is 1. The molecule has 0 saturated carbocycles. The standard InChI is InChI=1S/C15H21FO2/c1-2-4-14-11-15(17,7-8-18-14)10-12-5-3-6-13(16)9-12/h3,5-6,9,14,17H,2,4,7-8,10-11H2,1H3. The highest BCUT2D eigenvalue weighted by Crippen LogP contribution is 2.30. The third-order valence-corrected chi connectivity index (χ3v) is 3.56. The van der Waals surface area contributed by atoms with E-state index in [4.69, 9.17) is 4.74 Å². The van der Waals surface area contributed by atoms with Crippen LogP contribution in [0.5, 0.6) is 0 Å². The summed E-state index contributed by atoms with van der Waals surface area (Å²) in [6, 6.07) is 6.49. The van der Waals surface area contributed by atoms with Crippen molar-refractivity contribution in [3.05, 3.63) is 35.6 Å². The van der Waals surface area contributed by atoms with Gasteiger partial charge in [0, 0.05) is 19.4 Å². The molecule has 1 aliphatic heterocycles. The third-order valence-electron chi connectivity index (χ3n) is 3.56. The van der Waals surface area contributed by atoms with Crippen molar-refractivity contribution in [3.8, 4) is 0 Å². The first-order valence-electron chi connectivity index (χ1n) is 6.70. The Bertz CT molecular complexity index is 392. The molecule has 1 saturated heterocycles. The minimum atomic E-state index is -0.744. The lowest BCUT2D eigenvalue weighted by atomic mass is 9.83. The Morgan fingerprint density at radius 3 is 3.06 bits per heavy atom. The average Bonchev–Trinajstić information content (AvgIpc) is 2.28. The first-order chi connectivity index (χ1) is 8.61. The van der Waals surface area contributed by atoms with Gasteiger partial charge in [-0.15, -0.1) is 0 Å². The number of halogens is 1. The van der Waals surface area contributed by atoms with Crippen LogP contribution in [-0.4, -0.2) is 23.4 Å². The van der Waals surface area contributed by atoms with E-state index in [2.05, 4.69) is 6.92 Å². The van der Waals surface area contributed by atoms with E-state index in [-0.39, 0.29) is 11.9 Å². The second-order valence-electron chi connectivity index (χ2n) is 5.27. The lowest BCUT2D eigenvalue weighted by Crippen LogP contribution is -2.42. The first-order valence-corrected chi connectivity index (χ1v) is 6.70. The van der Waals surface area contributed by atoms with Crippen molar-refractivity contribution in [2.45, 2.75) is 50.7 Å². The number of rotatable bonds is 4. The van der Waals surface area contributed by atoms with Crippen molar-refractivity contribution in [1.82, 2.24) is 0 Å². The van der Waals surface area contributed by atoms with Gasteiger partial charge in [-0.1, -0.05) is 25.5 Å². The van der Waals surface area contributed by atoms with Gasteiger partial charge in [-0.25, -0.2) is 4.39 Å². The molecule has 1 heterocycles. The smallest absolute Gasteiger partial charge is 0.123 e. The van der Waals surface area contributed by atoms with Gasteiger partial charge in [-0.05, 0) is 30.5 Å². The molecule has 100 valence electrons. The maximum atomic E-state index is 13.1. The Labute approximate surface area is 108 Å². The Kier molecular flexibility index (Phi) is 4.36. The van der Waals surface area contributed by atoms with Crippen molar-refractivity contribution >= 4 is 0 Å². The quantitative estimate of drug-likeness (QED) is 0.892. The Balaban J connectivity index is 2.02. The number of benzene rings is 1. The van der Waals surface area contributed by atoms with Crippen LogP contribution in [0.15, 0.2) is 24.3 Å². The monoisotopic (exact) mass is 252 g/mol. The molecule has 2 atom stereocenters. The van der Waals surface area contributed by atoms with Gasteiger partial charge in [0.1, 0.15) is 5.82 Å². The molecule has 1 aromatic rings. The predicted octanol–water partition coefficient (Wildman–Crippen LogP) is 3.08. The molecule has 1 N–H and O–H groups in total. The summed E-state index contributed by atoms with van der Waals surface area (Å²) in [6.45, 7) is 2.71. The number of hydrogen-bond acceptors (Lipinski definition) is 2. The van der Waals surface area contributed by atoms with E-state index >= 15 is 0 Å². The summed E-state index contributed by atoms with van der Waals surface area (Å²) in [7, 11) is 0. The molecule has 1 fully saturated rings. The van der Waals surface area contributed by atoms with Crippen molar-refractivity contribution in [2.24, 2.45) is 0 Å². The van der Waals surface area contributed by atoms with Crippen molar-refractivity contribution < 1.29 is 14.2 Å². The van der Waals surface area contributed by atoms with Gasteiger partial charge in [0.2, 0.25) is 0 Å². The molecule has 0 spiro atoms. The van der Waals surface area contributed by atoms with E-state index in [0.29, 0.717) is 25.9 Å². The zero-order valence-corrected chi connectivity index (χ0v) is 10.9. The van der Waals surface area contributed by atoms with Crippen molar-refractivity contribution in [1.29, 1.82) is 0 Å². The molecular formula is C15H21FO2. The van der Waals surface area contributed by atoms with Crippen LogP contribution in [0.25, 0.3) is 0 Å². The van der Waals surface area contributed by atoms with E-state index in [0.717, 1.165) is 18.4 Å². The normalized spacial score (nSPS) is 28.3. The summed E-state index contributed by atoms with van der Waals surface area (Å²) in [5.41, 5.74) is 0.112. The predicted molar refractivity (Wildman–Crippen MR) is 68.9 cm³/mol. The molecule has 0 radical (unpaired) electrons. The molecule has 0 aliphatic carbocycles. The Hall–Kier alpha value is -0.930.